The molecular weight excluding hydrogens is 522 g/mol. The van der Waals surface area contributed by atoms with Crippen LogP contribution in [0.5, 0.6) is 0 Å². The predicted octanol–water partition coefficient (Wildman–Crippen LogP) is 3.81. The fraction of sp³-hybridized carbons (Fsp3) is 0.357. The Bertz CT molecular complexity index is 1470. The molecule has 1 atom stereocenters. The van der Waals surface area contributed by atoms with Gasteiger partial charge in [0.1, 0.15) is 5.70 Å². The molecule has 10 nitrogen and oxygen atoms in total. The van der Waals surface area contributed by atoms with Crippen LogP contribution in [0.25, 0.3) is 16.6 Å². The first kappa shape index (κ1) is 27.6. The normalized spacial score (nSPS) is 18.3. The third-order valence-electron chi connectivity index (χ3n) is 7.09. The second-order valence-electron chi connectivity index (χ2n) is 9.72. The minimum absolute atomic E-state index is 0.00948. The summed E-state index contributed by atoms with van der Waals surface area (Å²) < 4.78 is 38.5. The molecule has 0 spiro atoms. The molecule has 2 aromatic carbocycles. The number of halogens is 2. The summed E-state index contributed by atoms with van der Waals surface area (Å²) in [6.45, 7) is 6.03. The summed E-state index contributed by atoms with van der Waals surface area (Å²) >= 11 is 0. The van der Waals surface area contributed by atoms with Crippen molar-refractivity contribution in [1.29, 1.82) is 5.53 Å². The highest BCUT2D eigenvalue weighted by Gasteiger charge is 2.27. The lowest BCUT2D eigenvalue weighted by atomic mass is 10.1. The summed E-state index contributed by atoms with van der Waals surface area (Å²) in [7, 11) is 0. The van der Waals surface area contributed by atoms with Crippen LogP contribution in [0.1, 0.15) is 22.3 Å². The van der Waals surface area contributed by atoms with Gasteiger partial charge in [-0.15, -0.1) is 0 Å². The van der Waals surface area contributed by atoms with E-state index in [0.29, 0.717) is 30.9 Å². The number of aromatic amines is 1. The van der Waals surface area contributed by atoms with Crippen molar-refractivity contribution in [2.75, 3.05) is 57.9 Å². The molecule has 3 aromatic rings. The number of benzene rings is 2. The number of likely N-dealkylation sites (tertiary alicyclic amines) is 1. The van der Waals surface area contributed by atoms with E-state index in [9.17, 15) is 18.4 Å². The maximum absolute atomic E-state index is 13.7. The molecule has 12 heteroatoms. The molecule has 0 radical (unpaired) electrons. The van der Waals surface area contributed by atoms with E-state index in [1.54, 1.807) is 29.2 Å². The number of morpholine rings is 1. The summed E-state index contributed by atoms with van der Waals surface area (Å²) in [5, 5.41) is 6.64. The lowest BCUT2D eigenvalue weighted by molar-refractivity contribution is 0.00424. The van der Waals surface area contributed by atoms with Crippen LogP contribution in [-0.4, -0.2) is 79.3 Å². The second-order valence-corrected chi connectivity index (χ2v) is 9.72. The van der Waals surface area contributed by atoms with Crippen molar-refractivity contribution in [2.24, 2.45) is 5.11 Å². The van der Waals surface area contributed by atoms with Crippen molar-refractivity contribution in [1.82, 2.24) is 14.8 Å². The van der Waals surface area contributed by atoms with E-state index < -0.39 is 17.2 Å². The number of nitrogens with zero attached hydrogens (tertiary/aromatic N) is 3. The number of pyridine rings is 1. The number of hydrogen-bond donors (Lipinski definition) is 3. The van der Waals surface area contributed by atoms with E-state index in [1.807, 2.05) is 0 Å². The minimum atomic E-state index is -1.07. The fourth-order valence-corrected chi connectivity index (χ4v) is 4.83. The van der Waals surface area contributed by atoms with E-state index in [2.05, 4.69) is 20.3 Å². The zero-order valence-electron chi connectivity index (χ0n) is 21.8. The van der Waals surface area contributed by atoms with E-state index >= 15 is 0 Å². The Morgan fingerprint density at radius 3 is 2.65 bits per heavy atom. The van der Waals surface area contributed by atoms with Gasteiger partial charge in [-0.1, -0.05) is 0 Å². The highest BCUT2D eigenvalue weighted by molar-refractivity contribution is 5.94. The molecular formula is C28H30F2N6O4. The standard InChI is InChI=1S/C28H30F2N6O4/c29-23-14-19-13-22(27(37)33-25(19)15-24(23)30)26(34-31)16-32-20-3-1-18(2-4-20)28(38)36-6-5-21(17-36)40-12-9-35-7-10-39-11-8-35/h1-4,13-16,21,31-32H,5-12,17H2,(H,33,37)/b26-16-,34-31?. The van der Waals surface area contributed by atoms with Crippen LogP contribution in [0.3, 0.4) is 0 Å². The number of anilines is 1. The van der Waals surface area contributed by atoms with E-state index in [1.165, 1.54) is 12.3 Å². The molecule has 1 unspecified atom stereocenters. The summed E-state index contributed by atoms with van der Waals surface area (Å²) in [5.41, 5.74) is 8.19. The Labute approximate surface area is 229 Å². The van der Waals surface area contributed by atoms with Crippen LogP contribution in [-0.2, 0) is 9.47 Å². The van der Waals surface area contributed by atoms with Crippen LogP contribution in [0.2, 0.25) is 0 Å². The Morgan fingerprint density at radius 1 is 1.15 bits per heavy atom. The molecule has 5 rings (SSSR count). The number of ether oxygens (including phenoxy) is 2. The Hall–Kier alpha value is -4.00. The number of aromatic nitrogens is 1. The van der Waals surface area contributed by atoms with Crippen molar-refractivity contribution in [3.63, 3.8) is 0 Å². The molecule has 0 aliphatic carbocycles. The zero-order valence-corrected chi connectivity index (χ0v) is 21.8. The van der Waals surface area contributed by atoms with Crippen molar-refractivity contribution >= 4 is 28.2 Å². The molecule has 2 aliphatic heterocycles. The Morgan fingerprint density at radius 2 is 1.90 bits per heavy atom. The van der Waals surface area contributed by atoms with Gasteiger partial charge in [0.25, 0.3) is 11.5 Å². The lowest BCUT2D eigenvalue weighted by Gasteiger charge is -2.26. The first-order chi connectivity index (χ1) is 19.4. The average Bonchev–Trinajstić information content (AvgIpc) is 3.44. The summed E-state index contributed by atoms with van der Waals surface area (Å²) in [6, 6.07) is 10.0. The van der Waals surface area contributed by atoms with Gasteiger partial charge in [0, 0.05) is 61.6 Å². The Kier molecular flexibility index (Phi) is 8.58. The molecule has 40 heavy (non-hydrogen) atoms. The van der Waals surface area contributed by atoms with Gasteiger partial charge in [-0.3, -0.25) is 14.5 Å². The van der Waals surface area contributed by atoms with Crippen molar-refractivity contribution in [3.05, 3.63) is 81.8 Å². The number of hydrogen-bond acceptors (Lipinski definition) is 8. The smallest absolute Gasteiger partial charge is 0.258 e. The first-order valence-electron chi connectivity index (χ1n) is 13.1. The maximum Gasteiger partial charge on any atom is 0.258 e. The summed E-state index contributed by atoms with van der Waals surface area (Å²) in [6.07, 6.45) is 2.19. The molecule has 1 amide bonds. The molecule has 210 valence electrons. The summed E-state index contributed by atoms with van der Waals surface area (Å²) in [5.74, 6) is -2.19. The lowest BCUT2D eigenvalue weighted by Crippen LogP contribution is -2.39. The van der Waals surface area contributed by atoms with Crippen molar-refractivity contribution < 1.29 is 23.0 Å². The van der Waals surface area contributed by atoms with Gasteiger partial charge < -0.3 is 24.7 Å². The average molecular weight is 553 g/mol. The number of H-pyrrole nitrogens is 1. The molecule has 2 saturated heterocycles. The van der Waals surface area contributed by atoms with Gasteiger partial charge in [-0.2, -0.15) is 5.11 Å². The molecule has 3 N–H and O–H groups in total. The fourth-order valence-electron chi connectivity index (χ4n) is 4.83. The monoisotopic (exact) mass is 552 g/mol. The second kappa shape index (κ2) is 12.5. The van der Waals surface area contributed by atoms with Gasteiger partial charge >= 0.3 is 0 Å². The highest BCUT2D eigenvalue weighted by atomic mass is 19.2. The number of amides is 1. The van der Waals surface area contributed by atoms with Gasteiger partial charge in [0.15, 0.2) is 11.6 Å². The number of carbonyl (C=O) groups is 1. The molecule has 3 heterocycles. The first-order valence-corrected chi connectivity index (χ1v) is 13.1. The molecule has 0 bridgehead atoms. The highest BCUT2D eigenvalue weighted by Crippen LogP contribution is 2.21. The number of nitrogens with one attached hydrogen (secondary N) is 3. The largest absolute Gasteiger partial charge is 0.379 e. The Balaban J connectivity index is 1.17. The third kappa shape index (κ3) is 6.41. The predicted molar refractivity (Wildman–Crippen MR) is 145 cm³/mol. The van der Waals surface area contributed by atoms with Crippen molar-refractivity contribution in [3.8, 4) is 0 Å². The number of fused-ring (bicyclic) bond motifs is 1. The van der Waals surface area contributed by atoms with Crippen LogP contribution in [0.4, 0.5) is 14.5 Å². The topological polar surface area (TPSA) is 123 Å². The maximum atomic E-state index is 13.7. The van der Waals surface area contributed by atoms with Crippen LogP contribution < -0.4 is 10.9 Å². The zero-order chi connectivity index (χ0) is 28.1. The SMILES string of the molecule is N=N/C(=C\Nc1ccc(C(=O)N2CCC(OCCN3CCOCC3)C2)cc1)c1cc2cc(F)c(F)cc2[nH]c1=O. The van der Waals surface area contributed by atoms with Crippen LogP contribution >= 0.6 is 0 Å². The van der Waals surface area contributed by atoms with E-state index in [0.717, 1.165) is 51.4 Å². The van der Waals surface area contributed by atoms with E-state index in [-0.39, 0.29) is 34.2 Å². The number of carbonyl (C=O) groups excluding carboxylic acids is 1. The molecule has 1 aromatic heterocycles. The molecule has 2 aliphatic rings. The van der Waals surface area contributed by atoms with Crippen LogP contribution in [0.15, 0.2) is 58.6 Å². The van der Waals surface area contributed by atoms with Gasteiger partial charge in [-0.05, 0) is 42.8 Å². The minimum Gasteiger partial charge on any atom is -0.379 e. The number of rotatable bonds is 9. The summed E-state index contributed by atoms with van der Waals surface area (Å²) in [4.78, 5) is 32.1. The molecule has 2 fully saturated rings. The van der Waals surface area contributed by atoms with Gasteiger partial charge in [-0.25, -0.2) is 14.3 Å². The molecule has 0 saturated carbocycles. The van der Waals surface area contributed by atoms with Gasteiger partial charge in [0.2, 0.25) is 0 Å². The third-order valence-corrected chi connectivity index (χ3v) is 7.09. The van der Waals surface area contributed by atoms with Gasteiger partial charge in [0.05, 0.1) is 37.0 Å². The van der Waals surface area contributed by atoms with E-state index in [4.69, 9.17) is 15.0 Å². The van der Waals surface area contributed by atoms with Crippen LogP contribution in [0, 0.1) is 17.2 Å². The van der Waals surface area contributed by atoms with Crippen molar-refractivity contribution in [2.45, 2.75) is 12.5 Å². The quantitative estimate of drug-likeness (QED) is 0.347.